The number of aryl methyl sites for hydroxylation is 1. The van der Waals surface area contributed by atoms with Gasteiger partial charge in [0.15, 0.2) is 0 Å². The van der Waals surface area contributed by atoms with E-state index in [4.69, 9.17) is 0 Å². The van der Waals surface area contributed by atoms with Crippen LogP contribution in [0.5, 0.6) is 0 Å². The van der Waals surface area contributed by atoms with Crippen LogP contribution in [0.2, 0.25) is 0 Å². The van der Waals surface area contributed by atoms with Gasteiger partial charge in [-0.2, -0.15) is 0 Å². The molecule has 1 N–H and O–H groups in total. The van der Waals surface area contributed by atoms with Crippen LogP contribution in [0.25, 0.3) is 0 Å². The van der Waals surface area contributed by atoms with Gasteiger partial charge in [-0.05, 0) is 37.9 Å². The van der Waals surface area contributed by atoms with Crippen LogP contribution in [0.15, 0.2) is 24.3 Å². The first-order valence-electron chi connectivity index (χ1n) is 6.70. The van der Waals surface area contributed by atoms with Gasteiger partial charge in [-0.3, -0.25) is 4.79 Å². The lowest BCUT2D eigenvalue weighted by molar-refractivity contribution is -0.131. The maximum Gasteiger partial charge on any atom is 0.227 e. The number of amides is 1. The van der Waals surface area contributed by atoms with Crippen LogP contribution in [0.4, 0.5) is 0 Å². The summed E-state index contributed by atoms with van der Waals surface area (Å²) in [6.45, 7) is 3.84. The molecule has 0 bridgehead atoms. The number of hydrogen-bond donors (Lipinski definition) is 1. The third-order valence-electron chi connectivity index (χ3n) is 3.86. The molecule has 1 aromatic carbocycles. The van der Waals surface area contributed by atoms with Gasteiger partial charge in [-0.25, -0.2) is 0 Å². The molecule has 2 rings (SSSR count). The predicted molar refractivity (Wildman–Crippen MR) is 80.8 cm³/mol. The molecule has 0 atom stereocenters. The van der Waals surface area contributed by atoms with Crippen molar-refractivity contribution in [3.8, 4) is 0 Å². The molecule has 1 aliphatic heterocycles. The molecular weight excluding hydrogens is 260 g/mol. The molecule has 4 heteroatoms. The minimum Gasteiger partial charge on any atom is -0.342 e. The van der Waals surface area contributed by atoms with Gasteiger partial charge in [0.2, 0.25) is 5.91 Å². The normalized spacial score (nSPS) is 16.0. The van der Waals surface area contributed by atoms with E-state index in [9.17, 15) is 4.79 Å². The first kappa shape index (κ1) is 16.0. The van der Waals surface area contributed by atoms with Crippen molar-refractivity contribution < 1.29 is 4.79 Å². The van der Waals surface area contributed by atoms with Crippen molar-refractivity contribution in [2.75, 3.05) is 20.1 Å². The molecule has 1 aromatic rings. The maximum absolute atomic E-state index is 12.2. The van der Waals surface area contributed by atoms with E-state index in [2.05, 4.69) is 18.3 Å². The van der Waals surface area contributed by atoms with Crippen molar-refractivity contribution in [3.05, 3.63) is 35.4 Å². The molecule has 1 fully saturated rings. The zero-order valence-corrected chi connectivity index (χ0v) is 12.5. The fourth-order valence-electron chi connectivity index (χ4n) is 2.50. The Bertz CT molecular complexity index is 414. The van der Waals surface area contributed by atoms with Crippen LogP contribution < -0.4 is 5.32 Å². The lowest BCUT2D eigenvalue weighted by Gasteiger charge is -2.32. The van der Waals surface area contributed by atoms with Crippen molar-refractivity contribution in [1.82, 2.24) is 10.2 Å². The summed E-state index contributed by atoms with van der Waals surface area (Å²) in [5.74, 6) is 0.263. The summed E-state index contributed by atoms with van der Waals surface area (Å²) in [4.78, 5) is 14.2. The Morgan fingerprint density at radius 3 is 2.53 bits per heavy atom. The highest BCUT2D eigenvalue weighted by molar-refractivity contribution is 5.85. The molecule has 1 amide bonds. The molecule has 0 unspecified atom stereocenters. The number of benzene rings is 1. The average molecular weight is 283 g/mol. The Kier molecular flexibility index (Phi) is 6.32. The second-order valence-corrected chi connectivity index (χ2v) is 5.05. The minimum atomic E-state index is 0. The zero-order valence-electron chi connectivity index (χ0n) is 11.7. The van der Waals surface area contributed by atoms with Gasteiger partial charge in [-0.15, -0.1) is 12.4 Å². The number of likely N-dealkylation sites (tertiary alicyclic amines) is 1. The summed E-state index contributed by atoms with van der Waals surface area (Å²) in [7, 11) is 2.00. The Morgan fingerprint density at radius 1 is 1.32 bits per heavy atom. The highest BCUT2D eigenvalue weighted by Gasteiger charge is 2.21. The topological polar surface area (TPSA) is 32.3 Å². The van der Waals surface area contributed by atoms with Gasteiger partial charge < -0.3 is 10.2 Å². The Hall–Kier alpha value is -1.06. The van der Waals surface area contributed by atoms with E-state index < -0.39 is 0 Å². The molecule has 0 spiro atoms. The largest absolute Gasteiger partial charge is 0.342 e. The van der Waals surface area contributed by atoms with Crippen LogP contribution in [-0.2, 0) is 11.2 Å². The lowest BCUT2D eigenvalue weighted by Crippen LogP contribution is -2.44. The van der Waals surface area contributed by atoms with E-state index in [-0.39, 0.29) is 18.3 Å². The molecule has 106 valence electrons. The number of carbonyl (C=O) groups excluding carboxylic acids is 1. The van der Waals surface area contributed by atoms with Gasteiger partial charge in [0.05, 0.1) is 6.42 Å². The molecule has 3 nitrogen and oxygen atoms in total. The average Bonchev–Trinajstić information content (AvgIpc) is 2.41. The molecule has 0 aliphatic carbocycles. The van der Waals surface area contributed by atoms with E-state index >= 15 is 0 Å². The zero-order chi connectivity index (χ0) is 13.0. The van der Waals surface area contributed by atoms with Crippen LogP contribution in [0.3, 0.4) is 0 Å². The minimum absolute atomic E-state index is 0. The smallest absolute Gasteiger partial charge is 0.227 e. The summed E-state index contributed by atoms with van der Waals surface area (Å²) in [5.41, 5.74) is 2.36. The molecular formula is C15H23ClN2O. The fraction of sp³-hybridized carbons (Fsp3) is 0.533. The van der Waals surface area contributed by atoms with Crippen molar-refractivity contribution in [3.63, 3.8) is 0 Å². The number of hydrogen-bond acceptors (Lipinski definition) is 2. The van der Waals surface area contributed by atoms with E-state index in [0.717, 1.165) is 31.5 Å². The second-order valence-electron chi connectivity index (χ2n) is 5.05. The highest BCUT2D eigenvalue weighted by Crippen LogP contribution is 2.14. The van der Waals surface area contributed by atoms with Gasteiger partial charge in [0, 0.05) is 19.1 Å². The SMILES string of the molecule is CNC1CCN(C(=O)Cc2ccccc2C)CC1.Cl. The van der Waals surface area contributed by atoms with Crippen molar-refractivity contribution >= 4 is 18.3 Å². The summed E-state index contributed by atoms with van der Waals surface area (Å²) in [6, 6.07) is 8.71. The van der Waals surface area contributed by atoms with E-state index in [0.29, 0.717) is 12.5 Å². The first-order valence-corrected chi connectivity index (χ1v) is 6.70. The molecule has 19 heavy (non-hydrogen) atoms. The van der Waals surface area contributed by atoms with E-state index in [1.807, 2.05) is 30.1 Å². The van der Waals surface area contributed by atoms with Crippen LogP contribution >= 0.6 is 12.4 Å². The van der Waals surface area contributed by atoms with E-state index in [1.165, 1.54) is 5.56 Å². The number of nitrogens with one attached hydrogen (secondary N) is 1. The number of halogens is 1. The Balaban J connectivity index is 0.00000180. The monoisotopic (exact) mass is 282 g/mol. The fourth-order valence-corrected chi connectivity index (χ4v) is 2.50. The van der Waals surface area contributed by atoms with Crippen LogP contribution in [0.1, 0.15) is 24.0 Å². The molecule has 1 heterocycles. The molecule has 1 saturated heterocycles. The predicted octanol–water partition coefficient (Wildman–Crippen LogP) is 2.17. The number of piperidine rings is 1. The van der Waals surface area contributed by atoms with Crippen molar-refractivity contribution in [2.24, 2.45) is 0 Å². The maximum atomic E-state index is 12.2. The third kappa shape index (κ3) is 4.22. The first-order chi connectivity index (χ1) is 8.70. The molecule has 0 radical (unpaired) electrons. The molecule has 0 saturated carbocycles. The molecule has 0 aromatic heterocycles. The van der Waals surface area contributed by atoms with Gasteiger partial charge in [0.25, 0.3) is 0 Å². The molecule has 1 aliphatic rings. The summed E-state index contributed by atoms with van der Waals surface area (Å²) in [6.07, 6.45) is 2.67. The van der Waals surface area contributed by atoms with E-state index in [1.54, 1.807) is 0 Å². The second kappa shape index (κ2) is 7.51. The van der Waals surface area contributed by atoms with Crippen molar-refractivity contribution in [2.45, 2.75) is 32.2 Å². The Morgan fingerprint density at radius 2 is 1.95 bits per heavy atom. The van der Waals surface area contributed by atoms with Gasteiger partial charge in [0.1, 0.15) is 0 Å². The van der Waals surface area contributed by atoms with Crippen molar-refractivity contribution in [1.29, 1.82) is 0 Å². The number of nitrogens with zero attached hydrogens (tertiary/aromatic N) is 1. The standard InChI is InChI=1S/C15H22N2O.ClH/c1-12-5-3-4-6-13(12)11-15(18)17-9-7-14(16-2)8-10-17;/h3-6,14,16H,7-11H2,1-2H3;1H. The summed E-state index contributed by atoms with van der Waals surface area (Å²) < 4.78 is 0. The quantitative estimate of drug-likeness (QED) is 0.922. The van der Waals surface area contributed by atoms with Crippen LogP contribution in [0, 0.1) is 6.92 Å². The number of rotatable bonds is 3. The lowest BCUT2D eigenvalue weighted by atomic mass is 10.0. The van der Waals surface area contributed by atoms with Gasteiger partial charge >= 0.3 is 0 Å². The van der Waals surface area contributed by atoms with Gasteiger partial charge in [-0.1, -0.05) is 24.3 Å². The highest BCUT2D eigenvalue weighted by atomic mass is 35.5. The summed E-state index contributed by atoms with van der Waals surface area (Å²) >= 11 is 0. The number of carbonyl (C=O) groups is 1. The summed E-state index contributed by atoms with van der Waals surface area (Å²) in [5, 5.41) is 3.28. The Labute approximate surface area is 121 Å². The van der Waals surface area contributed by atoms with Crippen LogP contribution in [-0.4, -0.2) is 37.0 Å². The third-order valence-corrected chi connectivity index (χ3v) is 3.86.